The van der Waals surface area contributed by atoms with Crippen LogP contribution in [0.1, 0.15) is 26.2 Å². The number of hydrogen-bond donors (Lipinski definition) is 0. The zero-order valence-corrected chi connectivity index (χ0v) is 9.79. The summed E-state index contributed by atoms with van der Waals surface area (Å²) in [5, 5.41) is 0. The van der Waals surface area contributed by atoms with Gasteiger partial charge in [-0.05, 0) is 12.8 Å². The summed E-state index contributed by atoms with van der Waals surface area (Å²) in [6.45, 7) is 4.44. The number of halogens is 2. The first-order valence-electron chi connectivity index (χ1n) is 5.91. The Morgan fingerprint density at radius 2 is 2.06 bits per heavy atom. The third-order valence-electron chi connectivity index (χ3n) is 2.79. The first kappa shape index (κ1) is 13.4. The van der Waals surface area contributed by atoms with Crippen molar-refractivity contribution in [1.82, 2.24) is 9.80 Å². The Bertz CT molecular complexity index is 224. The van der Waals surface area contributed by atoms with Crippen LogP contribution in [-0.2, 0) is 4.79 Å². The molecule has 0 saturated carbocycles. The van der Waals surface area contributed by atoms with Crippen LogP contribution in [0.4, 0.5) is 8.78 Å². The van der Waals surface area contributed by atoms with Gasteiger partial charge in [-0.3, -0.25) is 9.69 Å². The fourth-order valence-corrected chi connectivity index (χ4v) is 2.02. The molecule has 1 saturated heterocycles. The number of alkyl halides is 2. The predicted octanol–water partition coefficient (Wildman–Crippen LogP) is 1.59. The molecule has 0 unspecified atom stereocenters. The lowest BCUT2D eigenvalue weighted by molar-refractivity contribution is -0.132. The minimum Gasteiger partial charge on any atom is -0.343 e. The molecule has 1 heterocycles. The van der Waals surface area contributed by atoms with E-state index in [9.17, 15) is 13.6 Å². The van der Waals surface area contributed by atoms with E-state index < -0.39 is 6.43 Å². The monoisotopic (exact) mass is 234 g/mol. The number of carbonyl (C=O) groups is 1. The maximum atomic E-state index is 12.2. The molecule has 94 valence electrons. The molecule has 0 bridgehead atoms. The van der Waals surface area contributed by atoms with Crippen LogP contribution in [-0.4, -0.2) is 54.9 Å². The van der Waals surface area contributed by atoms with Crippen molar-refractivity contribution in [3.05, 3.63) is 0 Å². The average Bonchev–Trinajstić information content (AvgIpc) is 2.21. The van der Waals surface area contributed by atoms with Gasteiger partial charge >= 0.3 is 0 Å². The van der Waals surface area contributed by atoms with Crippen LogP contribution in [0.3, 0.4) is 0 Å². The molecule has 5 heteroatoms. The van der Waals surface area contributed by atoms with Gasteiger partial charge in [-0.1, -0.05) is 6.92 Å². The van der Waals surface area contributed by atoms with Gasteiger partial charge in [0.25, 0.3) is 6.43 Å². The number of hydrogen-bond acceptors (Lipinski definition) is 2. The summed E-state index contributed by atoms with van der Waals surface area (Å²) in [5.41, 5.74) is 0. The molecule has 0 aromatic carbocycles. The van der Waals surface area contributed by atoms with Crippen molar-refractivity contribution in [3.8, 4) is 0 Å². The third-order valence-corrected chi connectivity index (χ3v) is 2.79. The summed E-state index contributed by atoms with van der Waals surface area (Å²) in [7, 11) is 0. The molecule has 1 aliphatic rings. The fourth-order valence-electron chi connectivity index (χ4n) is 2.02. The molecule has 1 amide bonds. The Kier molecular flexibility index (Phi) is 5.66. The lowest BCUT2D eigenvalue weighted by Crippen LogP contribution is -2.41. The molecule has 1 rings (SSSR count). The first-order chi connectivity index (χ1) is 7.63. The van der Waals surface area contributed by atoms with Crippen molar-refractivity contribution in [2.24, 2.45) is 0 Å². The van der Waals surface area contributed by atoms with Crippen LogP contribution < -0.4 is 0 Å². The van der Waals surface area contributed by atoms with Gasteiger partial charge in [0.15, 0.2) is 0 Å². The molecule has 0 spiro atoms. The van der Waals surface area contributed by atoms with Gasteiger partial charge in [0.2, 0.25) is 5.91 Å². The maximum Gasteiger partial charge on any atom is 0.251 e. The summed E-state index contributed by atoms with van der Waals surface area (Å²) in [4.78, 5) is 15.2. The molecule has 0 radical (unpaired) electrons. The first-order valence-corrected chi connectivity index (χ1v) is 5.91. The number of rotatable bonds is 4. The quantitative estimate of drug-likeness (QED) is 0.737. The Labute approximate surface area is 95.4 Å². The van der Waals surface area contributed by atoms with Crippen molar-refractivity contribution >= 4 is 5.91 Å². The largest absolute Gasteiger partial charge is 0.343 e. The zero-order chi connectivity index (χ0) is 12.0. The Morgan fingerprint density at radius 3 is 2.69 bits per heavy atom. The van der Waals surface area contributed by atoms with Crippen molar-refractivity contribution in [2.45, 2.75) is 32.6 Å². The Hall–Kier alpha value is -0.710. The molecule has 0 aromatic rings. The topological polar surface area (TPSA) is 23.6 Å². The zero-order valence-electron chi connectivity index (χ0n) is 9.79. The molecule has 1 fully saturated rings. The summed E-state index contributed by atoms with van der Waals surface area (Å²) in [6, 6.07) is 0. The van der Waals surface area contributed by atoms with Crippen molar-refractivity contribution in [3.63, 3.8) is 0 Å². The van der Waals surface area contributed by atoms with Crippen LogP contribution in [0.2, 0.25) is 0 Å². The van der Waals surface area contributed by atoms with Crippen molar-refractivity contribution < 1.29 is 13.6 Å². The number of carbonyl (C=O) groups excluding carboxylic acids is 1. The highest BCUT2D eigenvalue weighted by Crippen LogP contribution is 2.08. The second kappa shape index (κ2) is 6.78. The molecule has 0 aromatic heterocycles. The van der Waals surface area contributed by atoms with Crippen LogP contribution in [0.25, 0.3) is 0 Å². The van der Waals surface area contributed by atoms with Gasteiger partial charge < -0.3 is 4.90 Å². The number of nitrogens with zero attached hydrogens (tertiary/aromatic N) is 2. The summed E-state index contributed by atoms with van der Waals surface area (Å²) in [5.74, 6) is 0.0980. The predicted molar refractivity (Wildman–Crippen MR) is 58.5 cm³/mol. The maximum absolute atomic E-state index is 12.2. The van der Waals surface area contributed by atoms with E-state index in [-0.39, 0.29) is 12.5 Å². The molecule has 1 aliphatic heterocycles. The third kappa shape index (κ3) is 4.43. The number of amides is 1. The van der Waals surface area contributed by atoms with Crippen LogP contribution >= 0.6 is 0 Å². The highest BCUT2D eigenvalue weighted by Gasteiger charge is 2.19. The Balaban J connectivity index is 2.41. The van der Waals surface area contributed by atoms with E-state index in [1.54, 1.807) is 4.90 Å². The lowest BCUT2D eigenvalue weighted by atomic mass is 10.2. The summed E-state index contributed by atoms with van der Waals surface area (Å²) < 4.78 is 24.4. The Morgan fingerprint density at radius 1 is 1.31 bits per heavy atom. The van der Waals surface area contributed by atoms with Gasteiger partial charge in [0, 0.05) is 32.6 Å². The average molecular weight is 234 g/mol. The van der Waals surface area contributed by atoms with E-state index in [1.807, 2.05) is 11.8 Å². The van der Waals surface area contributed by atoms with Crippen LogP contribution in [0.15, 0.2) is 0 Å². The smallest absolute Gasteiger partial charge is 0.251 e. The fraction of sp³-hybridized carbons (Fsp3) is 0.909. The van der Waals surface area contributed by atoms with Crippen LogP contribution in [0, 0.1) is 0 Å². The van der Waals surface area contributed by atoms with E-state index in [4.69, 9.17) is 0 Å². The van der Waals surface area contributed by atoms with E-state index >= 15 is 0 Å². The molecule has 0 aliphatic carbocycles. The normalized spacial score (nSPS) is 20.0. The van der Waals surface area contributed by atoms with Gasteiger partial charge in [-0.15, -0.1) is 0 Å². The van der Waals surface area contributed by atoms with E-state index in [0.29, 0.717) is 26.1 Å². The standard InChI is InChI=1S/C11H20F2N2O/c1-2-5-15-7-3-6-14(9-10(12)13)8-4-11(15)16/h10H,2-9H2,1H3. The van der Waals surface area contributed by atoms with Crippen molar-refractivity contribution in [1.29, 1.82) is 0 Å². The molecular formula is C11H20F2N2O. The SMILES string of the molecule is CCCN1CCCN(CC(F)F)CCC1=O. The van der Waals surface area contributed by atoms with E-state index in [2.05, 4.69) is 0 Å². The summed E-state index contributed by atoms with van der Waals surface area (Å²) >= 11 is 0. The van der Waals surface area contributed by atoms with Crippen LogP contribution in [0.5, 0.6) is 0 Å². The van der Waals surface area contributed by atoms with Gasteiger partial charge in [0.05, 0.1) is 6.54 Å². The highest BCUT2D eigenvalue weighted by molar-refractivity contribution is 5.76. The molecule has 16 heavy (non-hydrogen) atoms. The summed E-state index contributed by atoms with van der Waals surface area (Å²) in [6.07, 6.45) is -0.196. The van der Waals surface area contributed by atoms with Gasteiger partial charge in [-0.2, -0.15) is 0 Å². The second-order valence-corrected chi connectivity index (χ2v) is 4.18. The van der Waals surface area contributed by atoms with Gasteiger partial charge in [-0.25, -0.2) is 8.78 Å². The molecule has 3 nitrogen and oxygen atoms in total. The van der Waals surface area contributed by atoms with Crippen molar-refractivity contribution in [2.75, 3.05) is 32.7 Å². The molecule has 0 atom stereocenters. The molecule has 0 N–H and O–H groups in total. The minimum absolute atomic E-state index is 0.0980. The van der Waals surface area contributed by atoms with E-state index in [0.717, 1.165) is 19.4 Å². The second-order valence-electron chi connectivity index (χ2n) is 4.18. The van der Waals surface area contributed by atoms with Gasteiger partial charge in [0.1, 0.15) is 0 Å². The van der Waals surface area contributed by atoms with E-state index in [1.165, 1.54) is 0 Å². The highest BCUT2D eigenvalue weighted by atomic mass is 19.3. The minimum atomic E-state index is -2.30. The lowest BCUT2D eigenvalue weighted by Gasteiger charge is -2.29. The molecular weight excluding hydrogens is 214 g/mol.